The van der Waals surface area contributed by atoms with Crippen LogP contribution in [0.2, 0.25) is 5.15 Å². The van der Waals surface area contributed by atoms with Crippen LogP contribution in [-0.4, -0.2) is 27.2 Å². The van der Waals surface area contributed by atoms with Crippen LogP contribution in [0.3, 0.4) is 0 Å². The van der Waals surface area contributed by atoms with Crippen molar-refractivity contribution in [1.82, 2.24) is 4.98 Å². The fourth-order valence-corrected chi connectivity index (χ4v) is 1.10. The fourth-order valence-electron chi connectivity index (χ4n) is 0.941. The van der Waals surface area contributed by atoms with Crippen molar-refractivity contribution in [2.45, 2.75) is 12.2 Å². The van der Waals surface area contributed by atoms with Gasteiger partial charge in [0.1, 0.15) is 6.10 Å². The molecule has 0 radical (unpaired) electrons. The van der Waals surface area contributed by atoms with Gasteiger partial charge >= 0.3 is 0 Å². The normalized spacial score (nSPS) is 14.6. The SMILES string of the molecule is NC(=O)C(O)C(O)c1ccc(N)c(Cl)n1. The van der Waals surface area contributed by atoms with Crippen molar-refractivity contribution in [3.05, 3.63) is 23.0 Å². The molecule has 1 aromatic heterocycles. The molecule has 1 amide bonds. The number of amides is 1. The summed E-state index contributed by atoms with van der Waals surface area (Å²) in [5.41, 5.74) is 10.5. The molecular weight excluding hydrogens is 222 g/mol. The first-order chi connectivity index (χ1) is 6.93. The van der Waals surface area contributed by atoms with Gasteiger partial charge in [0.25, 0.3) is 0 Å². The molecule has 0 aliphatic carbocycles. The molecular formula is C8H10ClN3O3. The smallest absolute Gasteiger partial charge is 0.249 e. The van der Waals surface area contributed by atoms with Gasteiger partial charge in [0.05, 0.1) is 11.4 Å². The van der Waals surface area contributed by atoms with E-state index in [0.29, 0.717) is 0 Å². The van der Waals surface area contributed by atoms with E-state index in [2.05, 4.69) is 4.98 Å². The van der Waals surface area contributed by atoms with Gasteiger partial charge in [0.2, 0.25) is 5.91 Å². The summed E-state index contributed by atoms with van der Waals surface area (Å²) in [7, 11) is 0. The van der Waals surface area contributed by atoms with Crippen molar-refractivity contribution < 1.29 is 15.0 Å². The molecule has 0 aromatic carbocycles. The Kier molecular flexibility index (Phi) is 3.46. The number of hydrogen-bond acceptors (Lipinski definition) is 5. The number of halogens is 1. The lowest BCUT2D eigenvalue weighted by atomic mass is 10.1. The monoisotopic (exact) mass is 231 g/mol. The molecule has 1 aromatic rings. The summed E-state index contributed by atoms with van der Waals surface area (Å²) >= 11 is 5.60. The first kappa shape index (κ1) is 11.7. The Morgan fingerprint density at radius 2 is 2.07 bits per heavy atom. The zero-order valence-corrected chi connectivity index (χ0v) is 8.35. The number of carbonyl (C=O) groups is 1. The van der Waals surface area contributed by atoms with Crippen molar-refractivity contribution in [2.75, 3.05) is 5.73 Å². The van der Waals surface area contributed by atoms with Crippen LogP contribution in [0.1, 0.15) is 11.8 Å². The second kappa shape index (κ2) is 4.43. The summed E-state index contributed by atoms with van der Waals surface area (Å²) < 4.78 is 0. The average molecular weight is 232 g/mol. The van der Waals surface area contributed by atoms with Gasteiger partial charge in [-0.15, -0.1) is 0 Å². The molecule has 0 saturated heterocycles. The Labute approximate surface area is 90.5 Å². The molecule has 0 spiro atoms. The molecule has 2 unspecified atom stereocenters. The molecule has 0 saturated carbocycles. The summed E-state index contributed by atoms with van der Waals surface area (Å²) in [5.74, 6) is -1.04. The zero-order chi connectivity index (χ0) is 11.6. The van der Waals surface area contributed by atoms with Gasteiger partial charge < -0.3 is 21.7 Å². The highest BCUT2D eigenvalue weighted by Crippen LogP contribution is 2.21. The maximum absolute atomic E-state index is 10.6. The van der Waals surface area contributed by atoms with Crippen LogP contribution in [0.4, 0.5) is 5.69 Å². The van der Waals surface area contributed by atoms with E-state index in [4.69, 9.17) is 28.2 Å². The Balaban J connectivity index is 2.96. The molecule has 6 nitrogen and oxygen atoms in total. The van der Waals surface area contributed by atoms with Crippen molar-refractivity contribution >= 4 is 23.2 Å². The third kappa shape index (κ3) is 2.56. The lowest BCUT2D eigenvalue weighted by Crippen LogP contribution is -2.34. The van der Waals surface area contributed by atoms with Crippen LogP contribution in [0.25, 0.3) is 0 Å². The maximum atomic E-state index is 10.6. The number of hydrogen-bond donors (Lipinski definition) is 4. The van der Waals surface area contributed by atoms with Crippen LogP contribution >= 0.6 is 11.6 Å². The fraction of sp³-hybridized carbons (Fsp3) is 0.250. The van der Waals surface area contributed by atoms with Crippen LogP contribution in [0.5, 0.6) is 0 Å². The topological polar surface area (TPSA) is 122 Å². The number of anilines is 1. The summed E-state index contributed by atoms with van der Waals surface area (Å²) in [4.78, 5) is 14.3. The Morgan fingerprint density at radius 3 is 2.53 bits per heavy atom. The van der Waals surface area contributed by atoms with E-state index in [1.54, 1.807) is 0 Å². The minimum atomic E-state index is -1.72. The van der Waals surface area contributed by atoms with Gasteiger partial charge in [0.15, 0.2) is 11.3 Å². The molecule has 0 aliphatic heterocycles. The van der Waals surface area contributed by atoms with Gasteiger partial charge in [0, 0.05) is 0 Å². The molecule has 1 rings (SSSR count). The Hall–Kier alpha value is -1.37. The van der Waals surface area contributed by atoms with Gasteiger partial charge in [-0.1, -0.05) is 11.6 Å². The van der Waals surface area contributed by atoms with Gasteiger partial charge in [-0.3, -0.25) is 4.79 Å². The van der Waals surface area contributed by atoms with Crippen molar-refractivity contribution in [3.63, 3.8) is 0 Å². The predicted molar refractivity (Wildman–Crippen MR) is 53.8 cm³/mol. The quantitative estimate of drug-likeness (QED) is 0.507. The number of nitrogens with two attached hydrogens (primary N) is 2. The van der Waals surface area contributed by atoms with E-state index < -0.39 is 18.1 Å². The number of aliphatic hydroxyl groups excluding tert-OH is 2. The Morgan fingerprint density at radius 1 is 1.47 bits per heavy atom. The summed E-state index contributed by atoms with van der Waals surface area (Å²) in [6, 6.07) is 2.75. The number of aromatic nitrogens is 1. The summed E-state index contributed by atoms with van der Waals surface area (Å²) in [6.45, 7) is 0. The van der Waals surface area contributed by atoms with E-state index in [-0.39, 0.29) is 16.5 Å². The van der Waals surface area contributed by atoms with E-state index >= 15 is 0 Å². The van der Waals surface area contributed by atoms with Crippen molar-refractivity contribution in [2.24, 2.45) is 5.73 Å². The third-order valence-electron chi connectivity index (χ3n) is 1.79. The summed E-state index contributed by atoms with van der Waals surface area (Å²) in [5, 5.41) is 18.6. The molecule has 82 valence electrons. The number of nitrogens with zero attached hydrogens (tertiary/aromatic N) is 1. The average Bonchev–Trinajstić information content (AvgIpc) is 2.19. The van der Waals surface area contributed by atoms with Crippen molar-refractivity contribution in [1.29, 1.82) is 0 Å². The lowest BCUT2D eigenvalue weighted by molar-refractivity contribution is -0.132. The molecule has 0 fully saturated rings. The highest BCUT2D eigenvalue weighted by Gasteiger charge is 2.24. The summed E-state index contributed by atoms with van der Waals surface area (Å²) in [6.07, 6.45) is -3.24. The van der Waals surface area contributed by atoms with Crippen LogP contribution < -0.4 is 11.5 Å². The standard InChI is InChI=1S/C8H10ClN3O3/c9-7-3(10)1-2-4(12-7)5(13)6(14)8(11)15/h1-2,5-6,13-14H,10H2,(H2,11,15). The Bertz CT molecular complexity index is 385. The van der Waals surface area contributed by atoms with E-state index in [9.17, 15) is 9.90 Å². The molecule has 7 heteroatoms. The van der Waals surface area contributed by atoms with Crippen LogP contribution in [0, 0.1) is 0 Å². The molecule has 0 aliphatic rings. The van der Waals surface area contributed by atoms with Crippen LogP contribution in [-0.2, 0) is 4.79 Å². The molecule has 1 heterocycles. The second-order valence-corrected chi connectivity index (χ2v) is 3.27. The molecule has 2 atom stereocenters. The van der Waals surface area contributed by atoms with Gasteiger partial charge in [-0.2, -0.15) is 0 Å². The number of pyridine rings is 1. The third-order valence-corrected chi connectivity index (χ3v) is 2.10. The number of nitrogen functional groups attached to an aromatic ring is 1. The van der Waals surface area contributed by atoms with E-state index in [1.165, 1.54) is 12.1 Å². The minimum Gasteiger partial charge on any atom is -0.396 e. The molecule has 6 N–H and O–H groups in total. The largest absolute Gasteiger partial charge is 0.396 e. The van der Waals surface area contributed by atoms with E-state index in [1.807, 2.05) is 0 Å². The number of aliphatic hydroxyl groups is 2. The second-order valence-electron chi connectivity index (χ2n) is 2.91. The van der Waals surface area contributed by atoms with Gasteiger partial charge in [-0.05, 0) is 12.1 Å². The highest BCUT2D eigenvalue weighted by molar-refractivity contribution is 6.31. The lowest BCUT2D eigenvalue weighted by Gasteiger charge is -2.14. The maximum Gasteiger partial charge on any atom is 0.249 e. The number of primary amides is 1. The van der Waals surface area contributed by atoms with Gasteiger partial charge in [-0.25, -0.2) is 4.98 Å². The molecule has 0 bridgehead atoms. The first-order valence-electron chi connectivity index (χ1n) is 4.01. The van der Waals surface area contributed by atoms with Crippen molar-refractivity contribution in [3.8, 4) is 0 Å². The highest BCUT2D eigenvalue weighted by atomic mass is 35.5. The minimum absolute atomic E-state index is 0.0109. The predicted octanol–water partition coefficient (Wildman–Crippen LogP) is -0.803. The van der Waals surface area contributed by atoms with E-state index in [0.717, 1.165) is 0 Å². The first-order valence-corrected chi connectivity index (χ1v) is 4.38. The van der Waals surface area contributed by atoms with Crippen LogP contribution in [0.15, 0.2) is 12.1 Å². The zero-order valence-electron chi connectivity index (χ0n) is 7.59. The molecule has 15 heavy (non-hydrogen) atoms. The number of rotatable bonds is 3. The number of carbonyl (C=O) groups excluding carboxylic acids is 1.